The van der Waals surface area contributed by atoms with Crippen LogP contribution in [0.15, 0.2) is 72.8 Å². The van der Waals surface area contributed by atoms with E-state index in [4.69, 9.17) is 21.1 Å². The lowest BCUT2D eigenvalue weighted by atomic mass is 9.99. The van der Waals surface area contributed by atoms with E-state index in [0.717, 1.165) is 42.8 Å². The molecule has 0 unspecified atom stereocenters. The van der Waals surface area contributed by atoms with E-state index in [1.54, 1.807) is 0 Å². The van der Waals surface area contributed by atoms with E-state index in [0.29, 0.717) is 18.2 Å². The first kappa shape index (κ1) is 32.5. The molecule has 1 aliphatic heterocycles. The Morgan fingerprint density at radius 2 is 1.31 bits per heavy atom. The second-order valence-electron chi connectivity index (χ2n) is 10.2. The summed E-state index contributed by atoms with van der Waals surface area (Å²) in [6, 6.07) is 8.65. The lowest BCUT2D eigenvalue weighted by Crippen LogP contribution is -2.28. The summed E-state index contributed by atoms with van der Waals surface area (Å²) in [6.45, 7) is 2.35. The lowest BCUT2D eigenvalue weighted by molar-refractivity contribution is -0.198. The molecule has 4 aromatic carbocycles. The van der Waals surface area contributed by atoms with Crippen LogP contribution in [0.2, 0.25) is 5.02 Å². The van der Waals surface area contributed by atoms with E-state index >= 15 is 0 Å². The molecule has 1 heterocycles. The Hall–Kier alpha value is -3.93. The van der Waals surface area contributed by atoms with Crippen LogP contribution >= 0.6 is 11.6 Å². The molecule has 0 spiro atoms. The fourth-order valence-corrected chi connectivity index (χ4v) is 4.89. The normalized spacial score (nSPS) is 17.2. The molecule has 0 amide bonds. The third-order valence-electron chi connectivity index (χ3n) is 6.96. The van der Waals surface area contributed by atoms with Crippen molar-refractivity contribution in [2.45, 2.75) is 25.7 Å². The minimum Gasteiger partial charge on any atom is -0.429 e. The van der Waals surface area contributed by atoms with Crippen molar-refractivity contribution in [3.8, 4) is 28.0 Å². The van der Waals surface area contributed by atoms with E-state index < -0.39 is 63.6 Å². The number of ether oxygens (including phenoxy) is 3. The number of halogens is 9. The van der Waals surface area contributed by atoms with Gasteiger partial charge in [0.25, 0.3) is 0 Å². The molecular formula is C33H23ClF8O3. The van der Waals surface area contributed by atoms with Crippen molar-refractivity contribution in [3.05, 3.63) is 124 Å². The standard InChI is InChI=1S/C33H23ClF8O3/c1-2-3-4-17-15-43-32(44-16-17)20-12-26(37)30(27(38)13-20)33(41,42)45-21-6-8-22(25(36)14-21)18-5-7-23(24(35)9-18)19-10-28(39)31(34)29(40)11-19/h3-14,17,32H,2,15-16H2,1H3. The number of hydrogen-bond donors (Lipinski definition) is 0. The molecule has 0 aromatic heterocycles. The van der Waals surface area contributed by atoms with Gasteiger partial charge in [-0.2, -0.15) is 8.78 Å². The van der Waals surface area contributed by atoms with Crippen LogP contribution in [0.3, 0.4) is 0 Å². The quantitative estimate of drug-likeness (QED) is 0.108. The van der Waals surface area contributed by atoms with Gasteiger partial charge in [0.15, 0.2) is 6.29 Å². The van der Waals surface area contributed by atoms with Crippen LogP contribution in [0.25, 0.3) is 22.3 Å². The van der Waals surface area contributed by atoms with Gasteiger partial charge < -0.3 is 14.2 Å². The average molecular weight is 655 g/mol. The number of alkyl halides is 2. The molecule has 236 valence electrons. The number of hydrogen-bond acceptors (Lipinski definition) is 3. The first-order valence-corrected chi connectivity index (χ1v) is 14.0. The zero-order valence-electron chi connectivity index (χ0n) is 23.3. The molecular weight excluding hydrogens is 632 g/mol. The smallest absolute Gasteiger partial charge is 0.429 e. The third-order valence-corrected chi connectivity index (χ3v) is 7.32. The van der Waals surface area contributed by atoms with Gasteiger partial charge in [-0.15, -0.1) is 0 Å². The van der Waals surface area contributed by atoms with Gasteiger partial charge in [-0.05, 0) is 60.0 Å². The van der Waals surface area contributed by atoms with E-state index in [1.165, 1.54) is 6.07 Å². The molecule has 0 atom stereocenters. The summed E-state index contributed by atoms with van der Waals surface area (Å²) in [4.78, 5) is 0. The maximum Gasteiger partial charge on any atom is 0.432 e. The minimum absolute atomic E-state index is 0.0468. The van der Waals surface area contributed by atoms with Crippen molar-refractivity contribution >= 4 is 11.6 Å². The third kappa shape index (κ3) is 7.00. The number of allylic oxidation sites excluding steroid dienone is 1. The molecule has 1 saturated heterocycles. The predicted octanol–water partition coefficient (Wildman–Crippen LogP) is 10.3. The van der Waals surface area contributed by atoms with Gasteiger partial charge in [-0.1, -0.05) is 42.8 Å². The Labute approximate surface area is 257 Å². The minimum atomic E-state index is -4.57. The van der Waals surface area contributed by atoms with Crippen molar-refractivity contribution < 1.29 is 49.3 Å². The molecule has 4 aromatic rings. The van der Waals surface area contributed by atoms with Crippen molar-refractivity contribution in [2.24, 2.45) is 5.92 Å². The van der Waals surface area contributed by atoms with Gasteiger partial charge in [-0.3, -0.25) is 0 Å². The summed E-state index contributed by atoms with van der Waals surface area (Å²) in [5.74, 6) is -8.43. The highest BCUT2D eigenvalue weighted by Crippen LogP contribution is 2.39. The van der Waals surface area contributed by atoms with Gasteiger partial charge in [-0.25, -0.2) is 26.3 Å². The van der Waals surface area contributed by atoms with E-state index in [9.17, 15) is 35.1 Å². The molecule has 0 bridgehead atoms. The molecule has 12 heteroatoms. The lowest BCUT2D eigenvalue weighted by Gasteiger charge is -2.28. The van der Waals surface area contributed by atoms with E-state index in [1.807, 2.05) is 19.1 Å². The maximum absolute atomic E-state index is 15.0. The van der Waals surface area contributed by atoms with Gasteiger partial charge in [0.1, 0.15) is 51.2 Å². The molecule has 0 radical (unpaired) electrons. The maximum atomic E-state index is 15.0. The zero-order valence-corrected chi connectivity index (χ0v) is 24.1. The van der Waals surface area contributed by atoms with Crippen molar-refractivity contribution in [1.82, 2.24) is 0 Å². The molecule has 45 heavy (non-hydrogen) atoms. The second kappa shape index (κ2) is 13.2. The first-order valence-electron chi connectivity index (χ1n) is 13.6. The number of benzene rings is 4. The topological polar surface area (TPSA) is 27.7 Å². The summed E-state index contributed by atoms with van der Waals surface area (Å²) in [6.07, 6.45) is -1.13. The van der Waals surface area contributed by atoms with Crippen LogP contribution in [0.5, 0.6) is 5.75 Å². The Morgan fingerprint density at radius 3 is 1.89 bits per heavy atom. The fraction of sp³-hybridized carbons (Fsp3) is 0.212. The Kier molecular flexibility index (Phi) is 9.52. The Balaban J connectivity index is 1.33. The highest BCUT2D eigenvalue weighted by atomic mass is 35.5. The van der Waals surface area contributed by atoms with Crippen LogP contribution in [-0.4, -0.2) is 13.2 Å². The van der Waals surface area contributed by atoms with Crippen LogP contribution in [0.1, 0.15) is 30.8 Å². The van der Waals surface area contributed by atoms with Crippen molar-refractivity contribution in [1.29, 1.82) is 0 Å². The highest BCUT2D eigenvalue weighted by molar-refractivity contribution is 6.31. The average Bonchev–Trinajstić information content (AvgIpc) is 2.98. The zero-order chi connectivity index (χ0) is 32.5. The second-order valence-corrected chi connectivity index (χ2v) is 10.5. The Bertz CT molecular complexity index is 1710. The molecule has 1 fully saturated rings. The summed E-state index contributed by atoms with van der Waals surface area (Å²) in [5.41, 5.74) is -2.52. The fourth-order valence-electron chi connectivity index (χ4n) is 4.78. The SMILES string of the molecule is CCC=CC1COC(c2cc(F)c(C(F)(F)Oc3ccc(-c4ccc(-c5cc(F)c(Cl)c(F)c5)c(F)c4)c(F)c3)c(F)c2)OC1. The van der Waals surface area contributed by atoms with Crippen LogP contribution < -0.4 is 4.74 Å². The van der Waals surface area contributed by atoms with Crippen LogP contribution in [-0.2, 0) is 15.6 Å². The van der Waals surface area contributed by atoms with Gasteiger partial charge in [0, 0.05) is 28.7 Å². The van der Waals surface area contributed by atoms with Crippen LogP contribution in [0.4, 0.5) is 35.1 Å². The van der Waals surface area contributed by atoms with E-state index in [2.05, 4.69) is 4.74 Å². The molecule has 1 aliphatic rings. The van der Waals surface area contributed by atoms with Gasteiger partial charge >= 0.3 is 6.11 Å². The largest absolute Gasteiger partial charge is 0.432 e. The van der Waals surface area contributed by atoms with E-state index in [-0.39, 0.29) is 46.9 Å². The summed E-state index contributed by atoms with van der Waals surface area (Å²) in [7, 11) is 0. The van der Waals surface area contributed by atoms with Crippen LogP contribution in [0, 0.1) is 40.8 Å². The molecule has 5 rings (SSSR count). The highest BCUT2D eigenvalue weighted by Gasteiger charge is 2.42. The predicted molar refractivity (Wildman–Crippen MR) is 151 cm³/mol. The summed E-state index contributed by atoms with van der Waals surface area (Å²) < 4.78 is 133. The van der Waals surface area contributed by atoms with Gasteiger partial charge in [0.05, 0.1) is 13.2 Å². The first-order chi connectivity index (χ1) is 21.4. The van der Waals surface area contributed by atoms with Crippen molar-refractivity contribution in [3.63, 3.8) is 0 Å². The molecule has 0 aliphatic carbocycles. The monoisotopic (exact) mass is 654 g/mol. The van der Waals surface area contributed by atoms with Gasteiger partial charge in [0.2, 0.25) is 0 Å². The van der Waals surface area contributed by atoms with Crippen molar-refractivity contribution in [2.75, 3.05) is 13.2 Å². The Morgan fingerprint density at radius 1 is 0.756 bits per heavy atom. The summed E-state index contributed by atoms with van der Waals surface area (Å²) in [5, 5.41) is -0.759. The molecule has 0 N–H and O–H groups in total. The summed E-state index contributed by atoms with van der Waals surface area (Å²) >= 11 is 5.46. The number of rotatable bonds is 8. The molecule has 0 saturated carbocycles. The molecule has 3 nitrogen and oxygen atoms in total.